The van der Waals surface area contributed by atoms with Crippen molar-refractivity contribution in [3.05, 3.63) is 59.5 Å². The Balaban J connectivity index is 1.65. The number of benzene rings is 2. The lowest BCUT2D eigenvalue weighted by atomic mass is 10.00. The van der Waals surface area contributed by atoms with Crippen LogP contribution in [0, 0.1) is 13.8 Å². The molecule has 2 aromatic carbocycles. The van der Waals surface area contributed by atoms with Crippen molar-refractivity contribution in [2.45, 2.75) is 32.0 Å². The maximum absolute atomic E-state index is 12.2. The van der Waals surface area contributed by atoms with E-state index < -0.39 is 0 Å². The van der Waals surface area contributed by atoms with Crippen LogP contribution in [0.15, 0.2) is 52.1 Å². The first-order valence-corrected chi connectivity index (χ1v) is 8.87. The topological polar surface area (TPSA) is 55.1 Å². The number of aryl methyl sites for hydroxylation is 2. The maximum Gasteiger partial charge on any atom is 0.256 e. The van der Waals surface area contributed by atoms with Gasteiger partial charge in [-0.2, -0.15) is 0 Å². The van der Waals surface area contributed by atoms with Gasteiger partial charge in [0.25, 0.3) is 5.22 Å². The molecule has 124 valence electrons. The molecular weight excluding hydrogens is 320 g/mol. The average molecular weight is 340 g/mol. The van der Waals surface area contributed by atoms with E-state index in [9.17, 15) is 4.79 Å². The molecule has 24 heavy (non-hydrogen) atoms. The van der Waals surface area contributed by atoms with Crippen LogP contribution in [-0.2, 0) is 4.79 Å². The molecule has 1 atom stereocenters. The van der Waals surface area contributed by atoms with E-state index in [-0.39, 0.29) is 17.7 Å². The van der Waals surface area contributed by atoms with Crippen LogP contribution in [0.5, 0.6) is 0 Å². The first kappa shape index (κ1) is 16.6. The Kier molecular flexibility index (Phi) is 4.90. The molecule has 3 rings (SSSR count). The molecule has 1 N–H and O–H groups in total. The van der Waals surface area contributed by atoms with Gasteiger partial charge in [0, 0.05) is 0 Å². The van der Waals surface area contributed by atoms with E-state index >= 15 is 0 Å². The van der Waals surface area contributed by atoms with E-state index in [1.54, 1.807) is 0 Å². The van der Waals surface area contributed by atoms with Gasteiger partial charge in [-0.1, -0.05) is 54.2 Å². The number of carbonyl (C=O) groups is 1. The van der Waals surface area contributed by atoms with Crippen molar-refractivity contribution in [3.63, 3.8) is 0 Å². The summed E-state index contributed by atoms with van der Waals surface area (Å²) in [6, 6.07) is 14.3. The number of hydrogen-bond acceptors (Lipinski definition) is 4. The lowest BCUT2D eigenvalue weighted by molar-refractivity contribution is -0.119. The van der Waals surface area contributed by atoms with Crippen LogP contribution >= 0.6 is 11.8 Å². The summed E-state index contributed by atoms with van der Waals surface area (Å²) in [7, 11) is 0. The molecule has 1 heterocycles. The average Bonchev–Trinajstić information content (AvgIpc) is 2.90. The first-order valence-electron chi connectivity index (χ1n) is 7.88. The molecule has 1 amide bonds. The fraction of sp³-hybridized carbons (Fsp3) is 0.263. The summed E-state index contributed by atoms with van der Waals surface area (Å²) in [5, 5.41) is 5.93. The molecule has 0 spiro atoms. The normalized spacial score (nSPS) is 12.3. The SMILES string of the molecule is Cc1nc(SCC(=O)NC(C)c2cccc3ccccc23)oc1C. The van der Waals surface area contributed by atoms with Crippen molar-refractivity contribution < 1.29 is 9.21 Å². The standard InChI is InChI=1S/C19H20N2O2S/c1-12-14(3)23-19(21-12)24-11-18(22)20-13(2)16-10-6-8-15-7-4-5-9-17(15)16/h4-10,13H,11H2,1-3H3,(H,20,22). The first-order chi connectivity index (χ1) is 11.5. The zero-order valence-electron chi connectivity index (χ0n) is 14.0. The summed E-state index contributed by atoms with van der Waals surface area (Å²) >= 11 is 1.31. The Labute approximate surface area is 145 Å². The molecule has 1 aromatic heterocycles. The van der Waals surface area contributed by atoms with E-state index in [0.717, 1.165) is 17.0 Å². The van der Waals surface area contributed by atoms with E-state index in [0.29, 0.717) is 5.22 Å². The van der Waals surface area contributed by atoms with Crippen molar-refractivity contribution in [2.75, 3.05) is 5.75 Å². The van der Waals surface area contributed by atoms with Gasteiger partial charge in [0.1, 0.15) is 5.76 Å². The Morgan fingerprint density at radius 3 is 2.71 bits per heavy atom. The van der Waals surface area contributed by atoms with Crippen molar-refractivity contribution in [3.8, 4) is 0 Å². The van der Waals surface area contributed by atoms with Gasteiger partial charge >= 0.3 is 0 Å². The highest BCUT2D eigenvalue weighted by molar-refractivity contribution is 7.99. The second-order valence-electron chi connectivity index (χ2n) is 5.77. The van der Waals surface area contributed by atoms with Gasteiger partial charge in [0.15, 0.2) is 0 Å². The fourth-order valence-corrected chi connectivity index (χ4v) is 3.34. The third-order valence-corrected chi connectivity index (χ3v) is 4.83. The highest BCUT2D eigenvalue weighted by Gasteiger charge is 2.14. The zero-order chi connectivity index (χ0) is 17.1. The van der Waals surface area contributed by atoms with Gasteiger partial charge in [0.2, 0.25) is 5.91 Å². The zero-order valence-corrected chi connectivity index (χ0v) is 14.8. The number of aromatic nitrogens is 1. The van der Waals surface area contributed by atoms with Gasteiger partial charge in [-0.05, 0) is 37.1 Å². The Bertz CT molecular complexity index is 848. The second kappa shape index (κ2) is 7.09. The number of amides is 1. The van der Waals surface area contributed by atoms with Crippen molar-refractivity contribution in [1.29, 1.82) is 0 Å². The Hall–Kier alpha value is -2.27. The molecule has 4 nitrogen and oxygen atoms in total. The Morgan fingerprint density at radius 2 is 1.96 bits per heavy atom. The minimum atomic E-state index is -0.0581. The van der Waals surface area contributed by atoms with Crippen molar-refractivity contribution in [1.82, 2.24) is 10.3 Å². The van der Waals surface area contributed by atoms with E-state index in [4.69, 9.17) is 4.42 Å². The minimum Gasteiger partial charge on any atom is -0.437 e. The lowest BCUT2D eigenvalue weighted by Crippen LogP contribution is -2.28. The third-order valence-electron chi connectivity index (χ3n) is 4.00. The van der Waals surface area contributed by atoms with Crippen molar-refractivity contribution >= 4 is 28.4 Å². The van der Waals surface area contributed by atoms with Gasteiger partial charge in [-0.25, -0.2) is 4.98 Å². The smallest absolute Gasteiger partial charge is 0.256 e. The fourth-order valence-electron chi connectivity index (χ4n) is 2.62. The number of nitrogens with zero attached hydrogens (tertiary/aromatic N) is 1. The molecule has 0 aliphatic heterocycles. The summed E-state index contributed by atoms with van der Waals surface area (Å²) in [6.07, 6.45) is 0. The summed E-state index contributed by atoms with van der Waals surface area (Å²) in [5.41, 5.74) is 1.98. The van der Waals surface area contributed by atoms with Crippen LogP contribution in [0.2, 0.25) is 0 Å². The van der Waals surface area contributed by atoms with Gasteiger partial charge in [0.05, 0.1) is 17.5 Å². The number of fused-ring (bicyclic) bond motifs is 1. The van der Waals surface area contributed by atoms with Crippen LogP contribution < -0.4 is 5.32 Å². The van der Waals surface area contributed by atoms with Crippen molar-refractivity contribution in [2.24, 2.45) is 0 Å². The third kappa shape index (κ3) is 3.62. The van der Waals surface area contributed by atoms with Crippen LogP contribution in [0.25, 0.3) is 10.8 Å². The van der Waals surface area contributed by atoms with E-state index in [1.165, 1.54) is 22.5 Å². The molecule has 0 bridgehead atoms. The molecular formula is C19H20N2O2S. The molecule has 1 unspecified atom stereocenters. The lowest BCUT2D eigenvalue weighted by Gasteiger charge is -2.16. The van der Waals surface area contributed by atoms with Gasteiger partial charge in [-0.3, -0.25) is 4.79 Å². The summed E-state index contributed by atoms with van der Waals surface area (Å²) in [6.45, 7) is 5.77. The summed E-state index contributed by atoms with van der Waals surface area (Å²) < 4.78 is 5.48. The van der Waals surface area contributed by atoms with Crippen LogP contribution in [0.3, 0.4) is 0 Å². The molecule has 0 radical (unpaired) electrons. The molecule has 0 saturated heterocycles. The van der Waals surface area contributed by atoms with E-state index in [1.807, 2.05) is 39.0 Å². The maximum atomic E-state index is 12.2. The van der Waals surface area contributed by atoms with Gasteiger partial charge in [-0.15, -0.1) is 0 Å². The molecule has 0 fully saturated rings. The van der Waals surface area contributed by atoms with Crippen LogP contribution in [0.4, 0.5) is 0 Å². The highest BCUT2D eigenvalue weighted by Crippen LogP contribution is 2.24. The Morgan fingerprint density at radius 1 is 1.21 bits per heavy atom. The highest BCUT2D eigenvalue weighted by atomic mass is 32.2. The number of nitrogens with one attached hydrogen (secondary N) is 1. The summed E-state index contributed by atoms with van der Waals surface area (Å²) in [5.74, 6) is 1.05. The second-order valence-corrected chi connectivity index (χ2v) is 6.69. The molecule has 0 aliphatic carbocycles. The number of oxazole rings is 1. The van der Waals surface area contributed by atoms with E-state index in [2.05, 4.69) is 34.6 Å². The monoisotopic (exact) mass is 340 g/mol. The largest absolute Gasteiger partial charge is 0.437 e. The molecule has 3 aromatic rings. The minimum absolute atomic E-state index is 0.0334. The number of thioether (sulfide) groups is 1. The molecule has 5 heteroatoms. The molecule has 0 saturated carbocycles. The number of rotatable bonds is 5. The number of hydrogen-bond donors (Lipinski definition) is 1. The van der Waals surface area contributed by atoms with Gasteiger partial charge < -0.3 is 9.73 Å². The molecule has 0 aliphatic rings. The van der Waals surface area contributed by atoms with Crippen LogP contribution in [0.1, 0.15) is 30.0 Å². The predicted molar refractivity (Wildman–Crippen MR) is 97.2 cm³/mol. The van der Waals surface area contributed by atoms with Crippen LogP contribution in [-0.4, -0.2) is 16.6 Å². The summed E-state index contributed by atoms with van der Waals surface area (Å²) in [4.78, 5) is 16.5. The number of carbonyl (C=O) groups excluding carboxylic acids is 1. The quantitative estimate of drug-likeness (QED) is 0.699. The predicted octanol–water partition coefficient (Wildman–Crippen LogP) is 4.41.